The van der Waals surface area contributed by atoms with Crippen molar-refractivity contribution in [1.82, 2.24) is 0 Å². The van der Waals surface area contributed by atoms with Crippen LogP contribution in [0.2, 0.25) is 10.0 Å². The Bertz CT molecular complexity index is 1290. The molecule has 0 saturated heterocycles. The minimum Gasteiger partial charge on any atom is -0.392 e. The Labute approximate surface area is 209 Å². The van der Waals surface area contributed by atoms with Gasteiger partial charge in [-0.05, 0) is 54.4 Å². The Kier molecular flexibility index (Phi) is 6.81. The highest BCUT2D eigenvalue weighted by molar-refractivity contribution is 6.34. The van der Waals surface area contributed by atoms with Crippen molar-refractivity contribution in [2.45, 2.75) is 31.7 Å². The largest absolute Gasteiger partial charge is 0.435 e. The van der Waals surface area contributed by atoms with E-state index in [-0.39, 0.29) is 27.9 Å². The molecule has 0 fully saturated rings. The van der Waals surface area contributed by atoms with Crippen molar-refractivity contribution in [3.05, 3.63) is 98.5 Å². The number of hydrogen-bond donors (Lipinski definition) is 2. The van der Waals surface area contributed by atoms with E-state index in [0.29, 0.717) is 27.9 Å². The molecule has 1 atom stereocenters. The number of nitrogens with one attached hydrogen (secondary N) is 1. The van der Waals surface area contributed by atoms with Crippen LogP contribution in [0.15, 0.2) is 65.8 Å². The molecule has 0 bridgehead atoms. The number of benzene rings is 3. The van der Waals surface area contributed by atoms with Crippen LogP contribution in [0.3, 0.4) is 0 Å². The number of anilines is 1. The van der Waals surface area contributed by atoms with Gasteiger partial charge in [-0.15, -0.1) is 0 Å². The van der Waals surface area contributed by atoms with E-state index in [1.807, 2.05) is 0 Å². The van der Waals surface area contributed by atoms with Gasteiger partial charge >= 0.3 is 6.18 Å². The summed E-state index contributed by atoms with van der Waals surface area (Å²) in [6.07, 6.45) is -5.42. The topological polar surface area (TPSA) is 70.9 Å². The molecule has 1 heterocycles. The lowest BCUT2D eigenvalue weighted by atomic mass is 9.86. The molecule has 0 spiro atoms. The predicted molar refractivity (Wildman–Crippen MR) is 128 cm³/mol. The zero-order chi connectivity index (χ0) is 25.4. The van der Waals surface area contributed by atoms with Crippen molar-refractivity contribution in [3.8, 4) is 0 Å². The molecular weight excluding hydrogens is 504 g/mol. The standard InChI is InChI=1S/C25H19Cl2F3N2O3/c1-14-2-5-17(8-21(14)31-23(34)16-6-3-15(13-33)4-7-16)22-12-24(35-32-22,25(28,29)30)18-9-19(26)11-20(27)10-18/h2-11,33H,12-13H2,1H3,(H,31,34). The van der Waals surface area contributed by atoms with Gasteiger partial charge in [-0.25, -0.2) is 0 Å². The highest BCUT2D eigenvalue weighted by atomic mass is 35.5. The van der Waals surface area contributed by atoms with Crippen LogP contribution in [-0.4, -0.2) is 22.9 Å². The lowest BCUT2D eigenvalue weighted by Gasteiger charge is -2.29. The highest BCUT2D eigenvalue weighted by Gasteiger charge is 2.62. The summed E-state index contributed by atoms with van der Waals surface area (Å²) in [5, 5.41) is 15.8. The van der Waals surface area contributed by atoms with Gasteiger partial charge in [0.2, 0.25) is 0 Å². The second-order valence-electron chi connectivity index (χ2n) is 8.13. The number of alkyl halides is 3. The second kappa shape index (κ2) is 9.53. The van der Waals surface area contributed by atoms with Gasteiger partial charge in [0.1, 0.15) is 0 Å². The van der Waals surface area contributed by atoms with Crippen molar-refractivity contribution < 1.29 is 27.9 Å². The average molecular weight is 523 g/mol. The van der Waals surface area contributed by atoms with Crippen LogP contribution in [-0.2, 0) is 17.0 Å². The van der Waals surface area contributed by atoms with Gasteiger partial charge in [-0.3, -0.25) is 4.79 Å². The summed E-state index contributed by atoms with van der Waals surface area (Å²) in [7, 11) is 0. The molecule has 1 aliphatic heterocycles. The highest BCUT2D eigenvalue weighted by Crippen LogP contribution is 2.49. The molecule has 5 nitrogen and oxygen atoms in total. The van der Waals surface area contributed by atoms with Crippen molar-refractivity contribution in [3.63, 3.8) is 0 Å². The molecule has 1 unspecified atom stereocenters. The number of aryl methyl sites for hydroxylation is 1. The maximum absolute atomic E-state index is 14.3. The van der Waals surface area contributed by atoms with E-state index in [1.54, 1.807) is 49.4 Å². The molecule has 10 heteroatoms. The molecule has 0 aliphatic carbocycles. The number of oxime groups is 1. The van der Waals surface area contributed by atoms with Crippen molar-refractivity contribution in [2.75, 3.05) is 5.32 Å². The van der Waals surface area contributed by atoms with Crippen LogP contribution in [0.1, 0.15) is 39.0 Å². The maximum atomic E-state index is 14.3. The van der Waals surface area contributed by atoms with Gasteiger partial charge in [-0.1, -0.05) is 52.6 Å². The van der Waals surface area contributed by atoms with Crippen molar-refractivity contribution >= 4 is 40.5 Å². The minimum absolute atomic E-state index is 0.0422. The average Bonchev–Trinajstić information content (AvgIpc) is 3.27. The van der Waals surface area contributed by atoms with E-state index < -0.39 is 24.1 Å². The Morgan fingerprint density at radius 3 is 2.34 bits per heavy atom. The number of carbonyl (C=O) groups excluding carboxylic acids is 1. The number of aliphatic hydroxyl groups excluding tert-OH is 1. The van der Waals surface area contributed by atoms with Crippen LogP contribution < -0.4 is 5.32 Å². The Morgan fingerprint density at radius 1 is 1.09 bits per heavy atom. The molecule has 0 saturated carbocycles. The fourth-order valence-electron chi connectivity index (χ4n) is 3.74. The molecular formula is C25H19Cl2F3N2O3. The van der Waals surface area contributed by atoms with Crippen LogP contribution in [0.4, 0.5) is 18.9 Å². The zero-order valence-electron chi connectivity index (χ0n) is 18.3. The third-order valence-electron chi connectivity index (χ3n) is 5.73. The first kappa shape index (κ1) is 25.0. The molecule has 0 aromatic heterocycles. The molecule has 3 aromatic carbocycles. The van der Waals surface area contributed by atoms with Crippen LogP contribution >= 0.6 is 23.2 Å². The fourth-order valence-corrected chi connectivity index (χ4v) is 4.26. The van der Waals surface area contributed by atoms with Crippen molar-refractivity contribution in [1.29, 1.82) is 0 Å². The van der Waals surface area contributed by atoms with E-state index in [4.69, 9.17) is 33.1 Å². The maximum Gasteiger partial charge on any atom is 0.435 e. The summed E-state index contributed by atoms with van der Waals surface area (Å²) >= 11 is 11.9. The summed E-state index contributed by atoms with van der Waals surface area (Å²) in [5.41, 5.74) is -0.445. The van der Waals surface area contributed by atoms with Crippen LogP contribution in [0.25, 0.3) is 0 Å². The summed E-state index contributed by atoms with van der Waals surface area (Å²) in [5.74, 6) is -0.405. The summed E-state index contributed by atoms with van der Waals surface area (Å²) in [4.78, 5) is 17.7. The first-order chi connectivity index (χ1) is 16.5. The quantitative estimate of drug-likeness (QED) is 0.395. The first-order valence-corrected chi connectivity index (χ1v) is 11.2. The number of nitrogens with zero attached hydrogens (tertiary/aromatic N) is 1. The molecule has 2 N–H and O–H groups in total. The summed E-state index contributed by atoms with van der Waals surface area (Å²) < 4.78 is 42.8. The van der Waals surface area contributed by atoms with Crippen LogP contribution in [0, 0.1) is 6.92 Å². The van der Waals surface area contributed by atoms with Crippen molar-refractivity contribution in [2.24, 2.45) is 5.16 Å². The molecule has 4 rings (SSSR count). The third-order valence-corrected chi connectivity index (χ3v) is 6.17. The number of halogens is 5. The minimum atomic E-state index is -4.81. The van der Waals surface area contributed by atoms with Gasteiger partial charge in [0.05, 0.1) is 12.3 Å². The normalized spacial score (nSPS) is 17.6. The summed E-state index contributed by atoms with van der Waals surface area (Å²) in [6.45, 7) is 1.61. The molecule has 1 aliphatic rings. The van der Waals surface area contributed by atoms with E-state index in [0.717, 1.165) is 12.1 Å². The number of hydrogen-bond acceptors (Lipinski definition) is 4. The second-order valence-corrected chi connectivity index (χ2v) is 9.00. The Hall–Kier alpha value is -3.07. The van der Waals surface area contributed by atoms with Crippen LogP contribution in [0.5, 0.6) is 0 Å². The lowest BCUT2D eigenvalue weighted by Crippen LogP contribution is -2.42. The van der Waals surface area contributed by atoms with Gasteiger partial charge in [0.25, 0.3) is 11.5 Å². The van der Waals surface area contributed by atoms with E-state index >= 15 is 0 Å². The molecule has 182 valence electrons. The Balaban J connectivity index is 1.62. The monoisotopic (exact) mass is 522 g/mol. The van der Waals surface area contributed by atoms with E-state index in [2.05, 4.69) is 10.5 Å². The molecule has 0 radical (unpaired) electrons. The SMILES string of the molecule is Cc1ccc(C2=NOC(c3cc(Cl)cc(Cl)c3)(C(F)(F)F)C2)cc1NC(=O)c1ccc(CO)cc1. The lowest BCUT2D eigenvalue weighted by molar-refractivity contribution is -0.275. The summed E-state index contributed by atoms with van der Waals surface area (Å²) in [6, 6.07) is 14.9. The molecule has 35 heavy (non-hydrogen) atoms. The number of aliphatic hydroxyl groups is 1. The number of carbonyl (C=O) groups is 1. The van der Waals surface area contributed by atoms with Gasteiger partial charge in [0.15, 0.2) is 0 Å². The number of amides is 1. The zero-order valence-corrected chi connectivity index (χ0v) is 19.8. The smallest absolute Gasteiger partial charge is 0.392 e. The molecule has 3 aromatic rings. The van der Waals surface area contributed by atoms with Gasteiger partial charge < -0.3 is 15.3 Å². The molecule has 1 amide bonds. The third kappa shape index (κ3) is 5.00. The Morgan fingerprint density at radius 2 is 1.74 bits per heavy atom. The van der Waals surface area contributed by atoms with E-state index in [9.17, 15) is 18.0 Å². The predicted octanol–water partition coefficient (Wildman–Crippen LogP) is 6.63. The first-order valence-electron chi connectivity index (χ1n) is 10.4. The fraction of sp³-hybridized carbons (Fsp3) is 0.200. The van der Waals surface area contributed by atoms with Gasteiger partial charge in [0, 0.05) is 38.8 Å². The van der Waals surface area contributed by atoms with E-state index in [1.165, 1.54) is 6.07 Å². The number of rotatable bonds is 5. The van der Waals surface area contributed by atoms with Gasteiger partial charge in [-0.2, -0.15) is 13.2 Å².